The Kier molecular flexibility index (Phi) is 14.1. The summed E-state index contributed by atoms with van der Waals surface area (Å²) in [6.07, 6.45) is 9.50. The summed E-state index contributed by atoms with van der Waals surface area (Å²) in [5.41, 5.74) is 1.09. The van der Waals surface area contributed by atoms with Gasteiger partial charge in [-0.1, -0.05) is 77.3 Å². The summed E-state index contributed by atoms with van der Waals surface area (Å²) in [4.78, 5) is 54.6. The summed E-state index contributed by atoms with van der Waals surface area (Å²) in [7, 11) is 0. The molecule has 0 radical (unpaired) electrons. The Morgan fingerprint density at radius 3 is 2.07 bits per heavy atom. The Hall–Kier alpha value is -2.09. The lowest BCUT2D eigenvalue weighted by atomic mass is 9.96. The normalized spacial score (nSPS) is 19.3. The maximum absolute atomic E-state index is 13.9. The molecule has 2 atom stereocenters. The van der Waals surface area contributed by atoms with Gasteiger partial charge in [0.25, 0.3) is 5.91 Å². The van der Waals surface area contributed by atoms with Crippen LogP contribution >= 0.6 is 18.6 Å². The molecule has 234 valence electrons. The molecule has 2 aliphatic rings. The minimum absolute atomic E-state index is 0.0882. The fourth-order valence-corrected chi connectivity index (χ4v) is 12.4. The Bertz CT molecular complexity index is 1090. The number of carbonyl (C=O) groups is 4. The van der Waals surface area contributed by atoms with E-state index in [-0.39, 0.29) is 41.1 Å². The van der Waals surface area contributed by atoms with E-state index in [4.69, 9.17) is 4.74 Å². The van der Waals surface area contributed by atoms with Crippen LogP contribution in [0.1, 0.15) is 77.7 Å². The monoisotopic (exact) mass is 620 g/mol. The number of hydrogen-bond acceptors (Lipinski definition) is 6. The van der Waals surface area contributed by atoms with Crippen molar-refractivity contribution in [3.05, 3.63) is 35.9 Å². The first-order chi connectivity index (χ1) is 20.3. The van der Waals surface area contributed by atoms with Crippen LogP contribution in [0.3, 0.4) is 0 Å². The third-order valence-corrected chi connectivity index (χ3v) is 14.4. The van der Waals surface area contributed by atoms with Crippen LogP contribution in [-0.2, 0) is 30.3 Å². The molecule has 2 fully saturated rings. The molecular weight excluding hydrogens is 571 g/mol. The van der Waals surface area contributed by atoms with E-state index in [2.05, 4.69) is 26.1 Å². The number of nitrogens with one attached hydrogen (secondary N) is 1. The van der Waals surface area contributed by atoms with E-state index in [1.165, 1.54) is 16.7 Å². The first-order valence-electron chi connectivity index (χ1n) is 15.6. The Balaban J connectivity index is 1.97. The smallest absolute Gasteiger partial charge is 0.352 e. The lowest BCUT2D eigenvalue weighted by molar-refractivity contribution is -0.144. The predicted octanol–water partition coefficient (Wildman–Crippen LogP) is 5.24. The third kappa shape index (κ3) is 8.96. The molecule has 8 nitrogen and oxygen atoms in total. The number of benzene rings is 1. The third-order valence-electron chi connectivity index (χ3n) is 8.33. The van der Waals surface area contributed by atoms with Crippen molar-refractivity contribution in [2.24, 2.45) is 5.92 Å². The number of carbonyl (C=O) groups excluding carboxylic acids is 3. The van der Waals surface area contributed by atoms with E-state index in [9.17, 15) is 24.3 Å². The van der Waals surface area contributed by atoms with Gasteiger partial charge in [0.05, 0.1) is 12.2 Å². The van der Waals surface area contributed by atoms with E-state index in [1.54, 1.807) is 0 Å². The minimum atomic E-state index is -2.20. The second-order valence-electron chi connectivity index (χ2n) is 11.5. The molecule has 0 unspecified atom stereocenters. The van der Waals surface area contributed by atoms with Gasteiger partial charge in [-0.05, 0) is 56.2 Å². The van der Waals surface area contributed by atoms with Gasteiger partial charge in [0.2, 0.25) is 5.91 Å². The maximum Gasteiger partial charge on any atom is 0.352 e. The highest BCUT2D eigenvalue weighted by atomic mass is 32.2. The number of ether oxygens (including phenoxy) is 1. The molecule has 2 aliphatic heterocycles. The summed E-state index contributed by atoms with van der Waals surface area (Å²) < 4.78 is 5.42. The second-order valence-corrected chi connectivity index (χ2v) is 16.6. The SMILES string of the molecule is CCCCP(CCCC)(CCCC)=C(C(=O)O)N1C(=O)[C@@H](NC(=O)Cc2ccccc2)[C@H]1SCC(=O)C1CCOCC1. The van der Waals surface area contributed by atoms with Gasteiger partial charge in [-0.3, -0.25) is 19.3 Å². The van der Waals surface area contributed by atoms with Gasteiger partial charge >= 0.3 is 5.97 Å². The van der Waals surface area contributed by atoms with Crippen molar-refractivity contribution in [3.8, 4) is 0 Å². The van der Waals surface area contributed by atoms with Crippen LogP contribution in [0.15, 0.2) is 30.3 Å². The fraction of sp³-hybridized carbons (Fsp3) is 0.656. The Morgan fingerprint density at radius 2 is 1.55 bits per heavy atom. The van der Waals surface area contributed by atoms with Crippen molar-refractivity contribution in [3.63, 3.8) is 0 Å². The number of Topliss-reactive ketones (excluding diaryl/α,β-unsaturated/α-hetero) is 1. The number of aliphatic carboxylic acids is 1. The second kappa shape index (κ2) is 17.3. The zero-order valence-electron chi connectivity index (χ0n) is 25.5. The predicted molar refractivity (Wildman–Crippen MR) is 173 cm³/mol. The zero-order chi connectivity index (χ0) is 30.5. The standard InChI is InChI=1S/C32H49N2O6PS/c1-4-7-19-41(20-8-5-2,21-9-6-3)30(32(38)39)34-29(37)28(33-27(36)22-24-13-11-10-12-14-24)31(34)42-23-26(35)25-15-17-40-18-16-25/h10-14,25,28,31H,4-9,15-23H2,1-3H3,(H,33,36)(H,38,39)/t28-,31-/m1/s1. The highest BCUT2D eigenvalue weighted by Crippen LogP contribution is 2.54. The topological polar surface area (TPSA) is 113 Å². The van der Waals surface area contributed by atoms with Crippen LogP contribution in [0.2, 0.25) is 0 Å². The number of likely N-dealkylation sites (tertiary alicyclic amines) is 1. The molecule has 2 amide bonds. The van der Waals surface area contributed by atoms with Crippen LogP contribution < -0.4 is 5.32 Å². The van der Waals surface area contributed by atoms with Gasteiger partial charge in [-0.2, -0.15) is 0 Å². The molecule has 0 aromatic heterocycles. The lowest BCUT2D eigenvalue weighted by Gasteiger charge is -2.49. The summed E-state index contributed by atoms with van der Waals surface area (Å²) in [6.45, 7) is 5.26. The first kappa shape index (κ1) is 34.4. The van der Waals surface area contributed by atoms with Crippen molar-refractivity contribution in [1.82, 2.24) is 10.2 Å². The molecule has 2 heterocycles. The van der Waals surface area contributed by atoms with Crippen molar-refractivity contribution in [1.29, 1.82) is 0 Å². The fourth-order valence-electron chi connectivity index (χ4n) is 5.87. The Morgan fingerprint density at radius 1 is 0.976 bits per heavy atom. The summed E-state index contributed by atoms with van der Waals surface area (Å²) in [6, 6.07) is 8.45. The van der Waals surface area contributed by atoms with Crippen LogP contribution in [0, 0.1) is 5.92 Å². The lowest BCUT2D eigenvalue weighted by Crippen LogP contribution is -2.72. The number of carboxylic acid groups (broad SMARTS) is 1. The van der Waals surface area contributed by atoms with E-state index in [0.29, 0.717) is 26.1 Å². The molecule has 1 aromatic rings. The van der Waals surface area contributed by atoms with Gasteiger partial charge in [-0.15, -0.1) is 11.8 Å². The number of thioether (sulfide) groups is 1. The molecule has 2 N–H and O–H groups in total. The highest BCUT2D eigenvalue weighted by molar-refractivity contribution is 8.00. The molecular formula is C32H49N2O6PS. The van der Waals surface area contributed by atoms with Gasteiger partial charge in [0, 0.05) is 19.1 Å². The molecule has 42 heavy (non-hydrogen) atoms. The molecule has 0 saturated carbocycles. The highest BCUT2D eigenvalue weighted by Gasteiger charge is 2.53. The number of carboxylic acids is 1. The number of unbranched alkanes of at least 4 members (excludes halogenated alkanes) is 3. The average Bonchev–Trinajstić information content (AvgIpc) is 3.00. The molecule has 0 spiro atoms. The van der Waals surface area contributed by atoms with E-state index in [0.717, 1.165) is 62.6 Å². The number of β-lactam (4-membered cyclic amide) rings is 1. The number of nitrogens with zero attached hydrogens (tertiary/aromatic N) is 1. The van der Waals surface area contributed by atoms with Crippen molar-refractivity contribution in [2.45, 2.75) is 90.0 Å². The molecule has 1 aromatic carbocycles. The van der Waals surface area contributed by atoms with Gasteiger partial charge in [-0.25, -0.2) is 4.79 Å². The summed E-state index contributed by atoms with van der Waals surface area (Å²) >= 11 is 1.30. The van der Waals surface area contributed by atoms with Gasteiger partial charge in [0.1, 0.15) is 22.6 Å². The number of rotatable bonds is 18. The molecule has 0 aliphatic carbocycles. The van der Waals surface area contributed by atoms with Crippen LogP contribution in [0.5, 0.6) is 0 Å². The molecule has 10 heteroatoms. The quantitative estimate of drug-likeness (QED) is 0.170. The molecule has 3 rings (SSSR count). The van der Waals surface area contributed by atoms with E-state index >= 15 is 0 Å². The first-order valence-corrected chi connectivity index (χ1v) is 19.0. The van der Waals surface area contributed by atoms with E-state index in [1.807, 2.05) is 30.3 Å². The maximum atomic E-state index is 13.9. The van der Waals surface area contributed by atoms with Crippen molar-refractivity contribution >= 4 is 47.6 Å². The van der Waals surface area contributed by atoms with Gasteiger partial charge < -0.3 is 15.2 Å². The van der Waals surface area contributed by atoms with Crippen LogP contribution in [0.25, 0.3) is 0 Å². The number of amides is 2. The van der Waals surface area contributed by atoms with E-state index < -0.39 is 24.3 Å². The van der Waals surface area contributed by atoms with Crippen LogP contribution in [0.4, 0.5) is 0 Å². The summed E-state index contributed by atoms with van der Waals surface area (Å²) in [5.74, 6) is -1.52. The van der Waals surface area contributed by atoms with Gasteiger partial charge in [0.15, 0.2) is 0 Å². The molecule has 0 bridgehead atoms. The minimum Gasteiger partial charge on any atom is -0.477 e. The molecule has 2 saturated heterocycles. The number of hydrogen-bond donors (Lipinski definition) is 2. The average molecular weight is 621 g/mol. The van der Waals surface area contributed by atoms with Crippen molar-refractivity contribution in [2.75, 3.05) is 37.5 Å². The zero-order valence-corrected chi connectivity index (χ0v) is 27.2. The largest absolute Gasteiger partial charge is 0.477 e. The Labute approximate surface area is 255 Å². The van der Waals surface area contributed by atoms with Crippen molar-refractivity contribution < 1.29 is 29.0 Å². The van der Waals surface area contributed by atoms with Crippen LogP contribution in [-0.4, -0.2) is 87.9 Å². The summed E-state index contributed by atoms with van der Waals surface area (Å²) in [5, 5.41) is 13.0. The number of ketones is 1.